The fraction of sp³-hybridized carbons (Fsp3) is 0.227. The normalized spacial score (nSPS) is 10.6. The SMILES string of the molecule is Cc1ccc(-c2nc(CC(=O)CC(=O)Nc3cccc(C)c3)c(C)o2)cc1. The fourth-order valence-electron chi connectivity index (χ4n) is 2.77. The van der Waals surface area contributed by atoms with Crippen LogP contribution in [0.2, 0.25) is 0 Å². The number of amides is 1. The molecular weight excluding hydrogens is 340 g/mol. The number of hydrogen-bond acceptors (Lipinski definition) is 4. The van der Waals surface area contributed by atoms with E-state index < -0.39 is 0 Å². The van der Waals surface area contributed by atoms with Crippen molar-refractivity contribution in [2.75, 3.05) is 5.32 Å². The quantitative estimate of drug-likeness (QED) is 0.659. The summed E-state index contributed by atoms with van der Waals surface area (Å²) >= 11 is 0. The van der Waals surface area contributed by atoms with Crippen molar-refractivity contribution >= 4 is 17.4 Å². The van der Waals surface area contributed by atoms with E-state index in [0.717, 1.165) is 16.7 Å². The maximum absolute atomic E-state index is 12.3. The van der Waals surface area contributed by atoms with E-state index in [2.05, 4.69) is 10.3 Å². The Morgan fingerprint density at radius 3 is 2.44 bits per heavy atom. The van der Waals surface area contributed by atoms with Crippen molar-refractivity contribution in [1.29, 1.82) is 0 Å². The number of anilines is 1. The molecule has 1 aromatic heterocycles. The van der Waals surface area contributed by atoms with E-state index in [1.165, 1.54) is 0 Å². The Labute approximate surface area is 158 Å². The second-order valence-electron chi connectivity index (χ2n) is 6.70. The summed E-state index contributed by atoms with van der Waals surface area (Å²) in [5.74, 6) is 0.551. The summed E-state index contributed by atoms with van der Waals surface area (Å²) in [6, 6.07) is 15.3. The van der Waals surface area contributed by atoms with Gasteiger partial charge in [-0.3, -0.25) is 9.59 Å². The van der Waals surface area contributed by atoms with Crippen molar-refractivity contribution in [1.82, 2.24) is 4.98 Å². The summed E-state index contributed by atoms with van der Waals surface area (Å²) in [6.07, 6.45) is -0.122. The molecule has 0 aliphatic rings. The number of hydrogen-bond donors (Lipinski definition) is 1. The standard InChI is InChI=1S/C22H22N2O3/c1-14-7-9-17(10-8-14)22-24-20(16(3)27-22)12-19(25)13-21(26)23-18-6-4-5-15(2)11-18/h4-11H,12-13H2,1-3H3,(H,23,26). The van der Waals surface area contributed by atoms with Crippen LogP contribution in [-0.2, 0) is 16.0 Å². The smallest absolute Gasteiger partial charge is 0.231 e. The van der Waals surface area contributed by atoms with E-state index in [4.69, 9.17) is 4.42 Å². The molecule has 0 spiro atoms. The number of aryl methyl sites for hydroxylation is 3. The molecule has 27 heavy (non-hydrogen) atoms. The van der Waals surface area contributed by atoms with Crippen LogP contribution in [0.25, 0.3) is 11.5 Å². The van der Waals surface area contributed by atoms with E-state index >= 15 is 0 Å². The number of carbonyl (C=O) groups is 2. The number of benzene rings is 2. The Morgan fingerprint density at radius 2 is 1.74 bits per heavy atom. The number of rotatable bonds is 6. The van der Waals surface area contributed by atoms with Crippen molar-refractivity contribution in [3.8, 4) is 11.5 Å². The topological polar surface area (TPSA) is 72.2 Å². The van der Waals surface area contributed by atoms with Crippen molar-refractivity contribution in [3.63, 3.8) is 0 Å². The van der Waals surface area contributed by atoms with Gasteiger partial charge >= 0.3 is 0 Å². The van der Waals surface area contributed by atoms with E-state index in [1.807, 2.05) is 56.3 Å². The predicted octanol–water partition coefficient (Wildman–Crippen LogP) is 4.41. The van der Waals surface area contributed by atoms with Gasteiger partial charge in [-0.2, -0.15) is 0 Å². The number of aromatic nitrogens is 1. The molecule has 138 valence electrons. The highest BCUT2D eigenvalue weighted by atomic mass is 16.4. The molecule has 0 unspecified atom stereocenters. The molecule has 3 aromatic rings. The monoisotopic (exact) mass is 362 g/mol. The molecule has 0 aliphatic heterocycles. The van der Waals surface area contributed by atoms with Crippen LogP contribution >= 0.6 is 0 Å². The largest absolute Gasteiger partial charge is 0.441 e. The highest BCUT2D eigenvalue weighted by molar-refractivity contribution is 6.04. The number of oxazole rings is 1. The first-order valence-electron chi connectivity index (χ1n) is 8.82. The minimum atomic E-state index is -0.328. The van der Waals surface area contributed by atoms with Gasteiger partial charge in [0, 0.05) is 11.3 Å². The van der Waals surface area contributed by atoms with Crippen LogP contribution < -0.4 is 5.32 Å². The Bertz CT molecular complexity index is 971. The van der Waals surface area contributed by atoms with E-state index in [1.54, 1.807) is 13.0 Å². The van der Waals surface area contributed by atoms with Gasteiger partial charge in [0.1, 0.15) is 11.5 Å². The number of nitrogens with zero attached hydrogens (tertiary/aromatic N) is 1. The molecule has 2 aromatic carbocycles. The molecule has 1 heterocycles. The van der Waals surface area contributed by atoms with Crippen LogP contribution in [0.1, 0.15) is 29.0 Å². The molecule has 0 saturated carbocycles. The Morgan fingerprint density at radius 1 is 1.00 bits per heavy atom. The second kappa shape index (κ2) is 7.99. The van der Waals surface area contributed by atoms with Gasteiger partial charge in [-0.15, -0.1) is 0 Å². The third-order valence-electron chi connectivity index (χ3n) is 4.22. The lowest BCUT2D eigenvalue weighted by atomic mass is 10.1. The summed E-state index contributed by atoms with van der Waals surface area (Å²) in [5, 5.41) is 2.75. The van der Waals surface area contributed by atoms with E-state index in [-0.39, 0.29) is 24.5 Å². The van der Waals surface area contributed by atoms with Crippen LogP contribution in [0.5, 0.6) is 0 Å². The summed E-state index contributed by atoms with van der Waals surface area (Å²) in [4.78, 5) is 28.8. The highest BCUT2D eigenvalue weighted by Gasteiger charge is 2.17. The number of Topliss-reactive ketones (excluding diaryl/α,β-unsaturated/α-hetero) is 1. The van der Waals surface area contributed by atoms with Gasteiger partial charge in [-0.05, 0) is 50.6 Å². The van der Waals surface area contributed by atoms with Crippen LogP contribution in [0.3, 0.4) is 0 Å². The predicted molar refractivity (Wildman–Crippen MR) is 105 cm³/mol. The zero-order valence-electron chi connectivity index (χ0n) is 15.7. The minimum absolute atomic E-state index is 0.0719. The van der Waals surface area contributed by atoms with Crippen LogP contribution in [0, 0.1) is 20.8 Å². The third kappa shape index (κ3) is 4.91. The molecule has 0 radical (unpaired) electrons. The average molecular weight is 362 g/mol. The molecule has 5 heteroatoms. The maximum Gasteiger partial charge on any atom is 0.231 e. The first kappa shape index (κ1) is 18.6. The molecule has 0 bridgehead atoms. The molecule has 5 nitrogen and oxygen atoms in total. The third-order valence-corrected chi connectivity index (χ3v) is 4.22. The molecular formula is C22H22N2O3. The molecule has 1 N–H and O–H groups in total. The molecule has 0 saturated heterocycles. The maximum atomic E-state index is 12.3. The summed E-state index contributed by atoms with van der Waals surface area (Å²) in [6.45, 7) is 5.73. The Balaban J connectivity index is 1.62. The van der Waals surface area contributed by atoms with Gasteiger partial charge in [0.15, 0.2) is 0 Å². The Hall–Kier alpha value is -3.21. The summed E-state index contributed by atoms with van der Waals surface area (Å²) in [5.41, 5.74) is 4.31. The average Bonchev–Trinajstić information content (AvgIpc) is 2.95. The molecule has 0 aliphatic carbocycles. The van der Waals surface area contributed by atoms with Gasteiger partial charge < -0.3 is 9.73 Å². The summed E-state index contributed by atoms with van der Waals surface area (Å²) < 4.78 is 5.69. The van der Waals surface area contributed by atoms with Crippen molar-refractivity contribution in [2.24, 2.45) is 0 Å². The lowest BCUT2D eigenvalue weighted by Gasteiger charge is -2.05. The summed E-state index contributed by atoms with van der Waals surface area (Å²) in [7, 11) is 0. The number of nitrogens with one attached hydrogen (secondary N) is 1. The zero-order valence-corrected chi connectivity index (χ0v) is 15.7. The fourth-order valence-corrected chi connectivity index (χ4v) is 2.77. The first-order chi connectivity index (χ1) is 12.9. The first-order valence-corrected chi connectivity index (χ1v) is 8.82. The molecule has 3 rings (SSSR count). The second-order valence-corrected chi connectivity index (χ2v) is 6.70. The van der Waals surface area contributed by atoms with Crippen molar-refractivity contribution in [2.45, 2.75) is 33.6 Å². The lowest BCUT2D eigenvalue weighted by molar-refractivity contribution is -0.125. The molecule has 0 fully saturated rings. The zero-order chi connectivity index (χ0) is 19.4. The lowest BCUT2D eigenvalue weighted by Crippen LogP contribution is -2.18. The van der Waals surface area contributed by atoms with Gasteiger partial charge in [0.25, 0.3) is 0 Å². The minimum Gasteiger partial charge on any atom is -0.441 e. The molecule has 0 atom stereocenters. The number of carbonyl (C=O) groups excluding carboxylic acids is 2. The van der Waals surface area contributed by atoms with E-state index in [9.17, 15) is 9.59 Å². The van der Waals surface area contributed by atoms with Gasteiger partial charge in [-0.25, -0.2) is 4.98 Å². The van der Waals surface area contributed by atoms with Crippen molar-refractivity contribution < 1.29 is 14.0 Å². The van der Waals surface area contributed by atoms with Crippen LogP contribution in [0.15, 0.2) is 52.9 Å². The highest BCUT2D eigenvalue weighted by Crippen LogP contribution is 2.22. The van der Waals surface area contributed by atoms with E-state index in [0.29, 0.717) is 23.0 Å². The van der Waals surface area contributed by atoms with Gasteiger partial charge in [-0.1, -0.05) is 29.8 Å². The van der Waals surface area contributed by atoms with Gasteiger partial charge in [0.2, 0.25) is 11.8 Å². The Kier molecular flexibility index (Phi) is 5.50. The number of ketones is 1. The molecule has 1 amide bonds. The van der Waals surface area contributed by atoms with Crippen LogP contribution in [0.4, 0.5) is 5.69 Å². The van der Waals surface area contributed by atoms with Crippen molar-refractivity contribution in [3.05, 3.63) is 71.1 Å². The van der Waals surface area contributed by atoms with Gasteiger partial charge in [0.05, 0.1) is 18.5 Å². The van der Waals surface area contributed by atoms with Crippen LogP contribution in [-0.4, -0.2) is 16.7 Å².